The maximum Gasteiger partial charge on any atom is 0.243 e. The van der Waals surface area contributed by atoms with Crippen LogP contribution in [-0.4, -0.2) is 21.1 Å². The summed E-state index contributed by atoms with van der Waals surface area (Å²) < 4.78 is 1.80. The molecule has 0 fully saturated rings. The van der Waals surface area contributed by atoms with Crippen molar-refractivity contribution in [3.05, 3.63) is 24.4 Å². The Kier molecular flexibility index (Phi) is 4.40. The van der Waals surface area contributed by atoms with Gasteiger partial charge in [-0.25, -0.2) is 4.52 Å². The van der Waals surface area contributed by atoms with Crippen LogP contribution in [0.3, 0.4) is 0 Å². The third kappa shape index (κ3) is 3.94. The van der Waals surface area contributed by atoms with Crippen LogP contribution in [-0.2, 0) is 0 Å². The van der Waals surface area contributed by atoms with Crippen molar-refractivity contribution >= 4 is 11.6 Å². The van der Waals surface area contributed by atoms with Crippen LogP contribution in [0.1, 0.15) is 46.5 Å². The average Bonchev–Trinajstić information content (AvgIpc) is 2.79. The molecule has 1 N–H and O–H groups in total. The number of fused-ring (bicyclic) bond motifs is 1. The van der Waals surface area contributed by atoms with Gasteiger partial charge in [0.2, 0.25) is 5.95 Å². The Morgan fingerprint density at radius 1 is 1.26 bits per heavy atom. The minimum Gasteiger partial charge on any atom is -0.352 e. The Hall–Kier alpha value is -1.58. The van der Waals surface area contributed by atoms with E-state index in [1.54, 1.807) is 4.52 Å². The van der Waals surface area contributed by atoms with Gasteiger partial charge in [-0.2, -0.15) is 4.98 Å². The number of unbranched alkanes of at least 4 members (excludes halogenated alkanes) is 2. The Bertz CT molecular complexity index is 483. The molecule has 0 saturated heterocycles. The molecule has 0 aromatic carbocycles. The lowest BCUT2D eigenvalue weighted by atomic mass is 9.87. The molecule has 2 rings (SSSR count). The number of hydrogen-bond acceptors (Lipinski definition) is 3. The van der Waals surface area contributed by atoms with Crippen LogP contribution in [0.2, 0.25) is 0 Å². The Balaban J connectivity index is 1.90. The summed E-state index contributed by atoms with van der Waals surface area (Å²) in [6.07, 6.45) is 7.04. The van der Waals surface area contributed by atoms with Crippen molar-refractivity contribution in [1.29, 1.82) is 0 Å². The van der Waals surface area contributed by atoms with Crippen molar-refractivity contribution in [3.8, 4) is 0 Å². The van der Waals surface area contributed by atoms with E-state index in [2.05, 4.69) is 36.2 Å². The van der Waals surface area contributed by atoms with Gasteiger partial charge >= 0.3 is 0 Å². The molecule has 2 aromatic rings. The highest BCUT2D eigenvalue weighted by Crippen LogP contribution is 2.23. The molecule has 0 atom stereocenters. The van der Waals surface area contributed by atoms with E-state index in [1.165, 1.54) is 25.7 Å². The molecule has 2 aromatic heterocycles. The molecule has 0 spiro atoms. The van der Waals surface area contributed by atoms with Crippen LogP contribution in [0.5, 0.6) is 0 Å². The van der Waals surface area contributed by atoms with Gasteiger partial charge in [-0.05, 0) is 24.0 Å². The minimum atomic E-state index is 0.284. The minimum absolute atomic E-state index is 0.284. The number of nitrogens with zero attached hydrogens (tertiary/aromatic N) is 3. The number of pyridine rings is 1. The number of hydrogen-bond donors (Lipinski definition) is 1. The summed E-state index contributed by atoms with van der Waals surface area (Å²) in [7, 11) is 0. The maximum atomic E-state index is 4.45. The van der Waals surface area contributed by atoms with Crippen molar-refractivity contribution in [1.82, 2.24) is 14.6 Å². The summed E-state index contributed by atoms with van der Waals surface area (Å²) in [4.78, 5) is 4.45. The molecule has 0 aliphatic carbocycles. The third-order valence-electron chi connectivity index (χ3n) is 3.42. The average molecular weight is 260 g/mol. The normalized spacial score (nSPS) is 11.9. The first kappa shape index (κ1) is 13.8. The van der Waals surface area contributed by atoms with Crippen molar-refractivity contribution in [2.75, 3.05) is 11.9 Å². The fourth-order valence-corrected chi connectivity index (χ4v) is 2.17. The number of aromatic nitrogens is 3. The predicted octanol–water partition coefficient (Wildman–Crippen LogP) is 3.75. The third-order valence-corrected chi connectivity index (χ3v) is 3.42. The van der Waals surface area contributed by atoms with Crippen molar-refractivity contribution < 1.29 is 0 Å². The molecule has 0 bridgehead atoms. The Morgan fingerprint density at radius 2 is 2.11 bits per heavy atom. The van der Waals surface area contributed by atoms with E-state index in [4.69, 9.17) is 0 Å². The summed E-state index contributed by atoms with van der Waals surface area (Å²) in [6.45, 7) is 7.75. The molecule has 19 heavy (non-hydrogen) atoms. The SMILES string of the molecule is CCCCCC(C)(C)CNc1nc2ccccn2n1. The molecular formula is C15H24N4. The first-order valence-electron chi connectivity index (χ1n) is 7.16. The summed E-state index contributed by atoms with van der Waals surface area (Å²) in [6, 6.07) is 5.90. The van der Waals surface area contributed by atoms with Gasteiger partial charge in [0, 0.05) is 12.7 Å². The van der Waals surface area contributed by atoms with E-state index in [0.29, 0.717) is 0 Å². The van der Waals surface area contributed by atoms with Crippen LogP contribution in [0.15, 0.2) is 24.4 Å². The quantitative estimate of drug-likeness (QED) is 0.771. The highest BCUT2D eigenvalue weighted by molar-refractivity contribution is 5.42. The topological polar surface area (TPSA) is 42.2 Å². The standard InChI is InChI=1S/C15H24N4/c1-4-5-7-10-15(2,3)12-16-14-17-13-9-6-8-11-19(13)18-14/h6,8-9,11H,4-5,7,10,12H2,1-3H3,(H,16,18). The molecule has 4 nitrogen and oxygen atoms in total. The fraction of sp³-hybridized carbons (Fsp3) is 0.600. The molecule has 0 aliphatic rings. The van der Waals surface area contributed by atoms with E-state index in [0.717, 1.165) is 18.1 Å². The van der Waals surface area contributed by atoms with E-state index in [9.17, 15) is 0 Å². The highest BCUT2D eigenvalue weighted by atomic mass is 15.3. The van der Waals surface area contributed by atoms with Gasteiger partial charge in [0.25, 0.3) is 0 Å². The first-order chi connectivity index (χ1) is 9.11. The maximum absolute atomic E-state index is 4.45. The lowest BCUT2D eigenvalue weighted by Crippen LogP contribution is -2.23. The Morgan fingerprint density at radius 3 is 2.84 bits per heavy atom. The van der Waals surface area contributed by atoms with E-state index in [1.807, 2.05) is 24.4 Å². The zero-order chi connectivity index (χ0) is 13.7. The first-order valence-corrected chi connectivity index (χ1v) is 7.16. The van der Waals surface area contributed by atoms with Crippen LogP contribution < -0.4 is 5.32 Å². The highest BCUT2D eigenvalue weighted by Gasteiger charge is 2.17. The second-order valence-corrected chi connectivity index (χ2v) is 5.91. The second kappa shape index (κ2) is 6.04. The smallest absolute Gasteiger partial charge is 0.243 e. The molecule has 104 valence electrons. The van der Waals surface area contributed by atoms with Crippen molar-refractivity contribution in [3.63, 3.8) is 0 Å². The van der Waals surface area contributed by atoms with Gasteiger partial charge < -0.3 is 5.32 Å². The number of rotatable bonds is 7. The number of nitrogens with one attached hydrogen (secondary N) is 1. The molecule has 0 saturated carbocycles. The summed E-state index contributed by atoms with van der Waals surface area (Å²) in [5, 5.41) is 7.76. The van der Waals surface area contributed by atoms with Crippen LogP contribution in [0.4, 0.5) is 5.95 Å². The van der Waals surface area contributed by atoms with Crippen molar-refractivity contribution in [2.24, 2.45) is 5.41 Å². The van der Waals surface area contributed by atoms with Gasteiger partial charge in [-0.1, -0.05) is 46.1 Å². The summed E-state index contributed by atoms with van der Waals surface area (Å²) in [5.74, 6) is 0.717. The molecule has 0 amide bonds. The monoisotopic (exact) mass is 260 g/mol. The van der Waals surface area contributed by atoms with Gasteiger partial charge in [0.15, 0.2) is 5.65 Å². The van der Waals surface area contributed by atoms with Gasteiger partial charge in [0.05, 0.1) is 0 Å². The zero-order valence-corrected chi connectivity index (χ0v) is 12.2. The van der Waals surface area contributed by atoms with Gasteiger partial charge in [-0.15, -0.1) is 5.10 Å². The second-order valence-electron chi connectivity index (χ2n) is 5.91. The largest absolute Gasteiger partial charge is 0.352 e. The van der Waals surface area contributed by atoms with Crippen LogP contribution >= 0.6 is 0 Å². The van der Waals surface area contributed by atoms with Crippen LogP contribution in [0, 0.1) is 5.41 Å². The molecular weight excluding hydrogens is 236 g/mol. The molecule has 0 unspecified atom stereocenters. The number of anilines is 1. The van der Waals surface area contributed by atoms with Gasteiger partial charge in [0.1, 0.15) is 0 Å². The lowest BCUT2D eigenvalue weighted by Gasteiger charge is -2.24. The van der Waals surface area contributed by atoms with Crippen LogP contribution in [0.25, 0.3) is 5.65 Å². The zero-order valence-electron chi connectivity index (χ0n) is 12.2. The fourth-order valence-electron chi connectivity index (χ4n) is 2.17. The van der Waals surface area contributed by atoms with Crippen molar-refractivity contribution in [2.45, 2.75) is 46.5 Å². The van der Waals surface area contributed by atoms with Gasteiger partial charge in [-0.3, -0.25) is 0 Å². The predicted molar refractivity (Wildman–Crippen MR) is 79.4 cm³/mol. The molecule has 4 heteroatoms. The molecule has 2 heterocycles. The lowest BCUT2D eigenvalue weighted by molar-refractivity contribution is 0.342. The summed E-state index contributed by atoms with van der Waals surface area (Å²) in [5.41, 5.74) is 1.17. The van der Waals surface area contributed by atoms with E-state index in [-0.39, 0.29) is 5.41 Å². The molecule has 0 aliphatic heterocycles. The molecule has 0 radical (unpaired) electrons. The summed E-state index contributed by atoms with van der Waals surface area (Å²) >= 11 is 0. The Labute approximate surface area is 115 Å². The van der Waals surface area contributed by atoms with E-state index >= 15 is 0 Å². The van der Waals surface area contributed by atoms with E-state index < -0.39 is 0 Å².